The average Bonchev–Trinajstić information content (AvgIpc) is 2.70. The quantitative estimate of drug-likeness (QED) is 0.697. The molecule has 5 aliphatic rings. The number of nitrogens with one attached hydrogen (secondary N) is 1. The largest absolute Gasteiger partial charge is 0.372 e. The summed E-state index contributed by atoms with van der Waals surface area (Å²) in [7, 11) is 0. The van der Waals surface area contributed by atoms with Gasteiger partial charge in [-0.05, 0) is 82.3 Å². The van der Waals surface area contributed by atoms with Gasteiger partial charge in [0.1, 0.15) is 0 Å². The molecule has 1 N–H and O–H groups in total. The molecule has 0 radical (unpaired) electrons. The second-order valence-electron chi connectivity index (χ2n) is 10.5. The Labute approximate surface area is 189 Å². The van der Waals surface area contributed by atoms with Crippen molar-refractivity contribution in [3.05, 3.63) is 29.8 Å². The van der Waals surface area contributed by atoms with Crippen molar-refractivity contribution in [1.82, 2.24) is 10.2 Å². The van der Waals surface area contributed by atoms with Gasteiger partial charge in [-0.2, -0.15) is 0 Å². The third-order valence-corrected chi connectivity index (χ3v) is 8.70. The highest BCUT2D eigenvalue weighted by atomic mass is 32.2. The summed E-state index contributed by atoms with van der Waals surface area (Å²) < 4.78 is 5.77. The van der Waals surface area contributed by atoms with E-state index in [0.29, 0.717) is 24.4 Å². The Morgan fingerprint density at radius 1 is 1.03 bits per heavy atom. The van der Waals surface area contributed by atoms with Gasteiger partial charge in [-0.1, -0.05) is 12.1 Å². The molecule has 2 atom stereocenters. The summed E-state index contributed by atoms with van der Waals surface area (Å²) >= 11 is 1.49. The Morgan fingerprint density at radius 2 is 1.61 bits per heavy atom. The van der Waals surface area contributed by atoms with Gasteiger partial charge in [0.25, 0.3) is 5.91 Å². The fourth-order valence-electron chi connectivity index (χ4n) is 7.02. The van der Waals surface area contributed by atoms with E-state index in [1.54, 1.807) is 0 Å². The predicted octanol–water partition coefficient (Wildman–Crippen LogP) is 4.11. The van der Waals surface area contributed by atoms with Gasteiger partial charge < -0.3 is 15.0 Å². The normalized spacial score (nSPS) is 36.5. The number of benzene rings is 1. The summed E-state index contributed by atoms with van der Waals surface area (Å²) in [6.07, 6.45) is 7.69. The Balaban J connectivity index is 1.22. The molecule has 1 aliphatic heterocycles. The Kier molecular flexibility index (Phi) is 5.80. The zero-order valence-electron chi connectivity index (χ0n) is 18.6. The number of ether oxygens (including phenoxy) is 1. The van der Waals surface area contributed by atoms with Crippen molar-refractivity contribution in [2.24, 2.45) is 17.8 Å². The number of rotatable bonds is 5. The first-order valence-electron chi connectivity index (χ1n) is 11.9. The van der Waals surface area contributed by atoms with Gasteiger partial charge in [0.15, 0.2) is 0 Å². The maximum absolute atomic E-state index is 13.2. The summed E-state index contributed by atoms with van der Waals surface area (Å²) in [6, 6.07) is 7.69. The number of hydrogen-bond donors (Lipinski definition) is 1. The fraction of sp³-hybridized carbons (Fsp3) is 0.680. The van der Waals surface area contributed by atoms with Gasteiger partial charge >= 0.3 is 0 Å². The third kappa shape index (κ3) is 4.51. The predicted molar refractivity (Wildman–Crippen MR) is 122 cm³/mol. The van der Waals surface area contributed by atoms with E-state index in [9.17, 15) is 9.59 Å². The van der Waals surface area contributed by atoms with Gasteiger partial charge in [0.2, 0.25) is 5.91 Å². The minimum atomic E-state index is 0.0339. The summed E-state index contributed by atoms with van der Waals surface area (Å²) in [5.41, 5.74) is 0.735. The van der Waals surface area contributed by atoms with Crippen molar-refractivity contribution < 1.29 is 14.3 Å². The number of carbonyl (C=O) groups excluding carboxylic acids is 2. The van der Waals surface area contributed by atoms with Crippen LogP contribution in [0.15, 0.2) is 29.2 Å². The number of thioether (sulfide) groups is 1. The van der Waals surface area contributed by atoms with Crippen LogP contribution in [0.1, 0.15) is 62.7 Å². The van der Waals surface area contributed by atoms with Crippen molar-refractivity contribution in [3.8, 4) is 0 Å². The van der Waals surface area contributed by atoms with Crippen molar-refractivity contribution >= 4 is 23.6 Å². The van der Waals surface area contributed by atoms with E-state index >= 15 is 0 Å². The molecule has 2 unspecified atom stereocenters. The van der Waals surface area contributed by atoms with Crippen LogP contribution in [0.25, 0.3) is 0 Å². The first-order valence-corrected chi connectivity index (χ1v) is 12.9. The Bertz CT molecular complexity index is 812. The number of carbonyl (C=O) groups is 2. The van der Waals surface area contributed by atoms with Crippen molar-refractivity contribution in [1.29, 1.82) is 0 Å². The molecule has 6 rings (SSSR count). The zero-order valence-corrected chi connectivity index (χ0v) is 19.5. The van der Waals surface area contributed by atoms with Crippen LogP contribution in [0.4, 0.5) is 0 Å². The van der Waals surface area contributed by atoms with E-state index < -0.39 is 0 Å². The number of amides is 2. The van der Waals surface area contributed by atoms with Crippen LogP contribution in [-0.2, 0) is 9.53 Å². The molecule has 1 heterocycles. The lowest BCUT2D eigenvalue weighted by Crippen LogP contribution is -2.60. The lowest BCUT2D eigenvalue weighted by molar-refractivity contribution is -0.124. The minimum Gasteiger partial charge on any atom is -0.372 e. The van der Waals surface area contributed by atoms with Crippen LogP contribution >= 0.6 is 11.8 Å². The highest BCUT2D eigenvalue weighted by Crippen LogP contribution is 2.55. The summed E-state index contributed by atoms with van der Waals surface area (Å²) in [6.45, 7) is 5.22. The maximum Gasteiger partial charge on any atom is 0.255 e. The second kappa shape index (κ2) is 8.43. The highest BCUT2D eigenvalue weighted by molar-refractivity contribution is 8.00. The summed E-state index contributed by atoms with van der Waals surface area (Å²) in [4.78, 5) is 28.9. The summed E-state index contributed by atoms with van der Waals surface area (Å²) in [5, 5.41) is 3.45. The van der Waals surface area contributed by atoms with E-state index in [-0.39, 0.29) is 29.6 Å². The van der Waals surface area contributed by atoms with Gasteiger partial charge in [0, 0.05) is 23.5 Å². The smallest absolute Gasteiger partial charge is 0.255 e. The van der Waals surface area contributed by atoms with Gasteiger partial charge in [-0.25, -0.2) is 0 Å². The molecule has 31 heavy (non-hydrogen) atoms. The van der Waals surface area contributed by atoms with E-state index in [1.807, 2.05) is 43.0 Å². The number of morpholine rings is 1. The zero-order chi connectivity index (χ0) is 21.6. The molecule has 4 aliphatic carbocycles. The van der Waals surface area contributed by atoms with Crippen molar-refractivity contribution in [2.75, 3.05) is 18.8 Å². The standard InChI is InChI=1S/C25H34N2O3S/c1-16-13-27(14-17(2)30-16)24(29)21-5-3-4-6-22(21)31-15-23(28)26-25-10-18-7-19(11-25)9-20(8-18)12-25/h3-6,16-20H,7-15H2,1-2H3,(H,26,28). The molecular weight excluding hydrogens is 408 g/mol. The molecule has 6 heteroatoms. The van der Waals surface area contributed by atoms with Crippen LogP contribution in [-0.4, -0.2) is 53.3 Å². The van der Waals surface area contributed by atoms with E-state index in [0.717, 1.165) is 22.6 Å². The lowest BCUT2D eigenvalue weighted by atomic mass is 9.53. The number of hydrogen-bond acceptors (Lipinski definition) is 4. The van der Waals surface area contributed by atoms with Crippen molar-refractivity contribution in [2.45, 2.75) is 75.0 Å². The molecular formula is C25H34N2O3S. The molecule has 4 bridgehead atoms. The van der Waals surface area contributed by atoms with Gasteiger partial charge in [0.05, 0.1) is 23.5 Å². The molecule has 0 aromatic heterocycles. The molecule has 5 nitrogen and oxygen atoms in total. The van der Waals surface area contributed by atoms with E-state index in [4.69, 9.17) is 4.74 Å². The number of nitrogens with zero attached hydrogens (tertiary/aromatic N) is 1. The maximum atomic E-state index is 13.2. The summed E-state index contributed by atoms with van der Waals surface area (Å²) in [5.74, 6) is 2.96. The van der Waals surface area contributed by atoms with Crippen LogP contribution in [0.3, 0.4) is 0 Å². The first kappa shape index (κ1) is 21.3. The van der Waals surface area contributed by atoms with Crippen LogP contribution in [0.2, 0.25) is 0 Å². The molecule has 0 spiro atoms. The minimum absolute atomic E-state index is 0.0339. The fourth-order valence-corrected chi connectivity index (χ4v) is 7.87. The van der Waals surface area contributed by atoms with Crippen LogP contribution < -0.4 is 5.32 Å². The molecule has 1 saturated heterocycles. The second-order valence-corrected chi connectivity index (χ2v) is 11.5. The topological polar surface area (TPSA) is 58.6 Å². The lowest BCUT2D eigenvalue weighted by Gasteiger charge is -2.56. The van der Waals surface area contributed by atoms with Crippen LogP contribution in [0.5, 0.6) is 0 Å². The molecule has 168 valence electrons. The molecule has 1 aromatic rings. The molecule has 5 fully saturated rings. The third-order valence-electron chi connectivity index (χ3n) is 7.63. The Hall–Kier alpha value is -1.53. The monoisotopic (exact) mass is 442 g/mol. The molecule has 1 aromatic carbocycles. The molecule has 2 amide bonds. The first-order chi connectivity index (χ1) is 14.9. The highest BCUT2D eigenvalue weighted by Gasteiger charge is 2.51. The average molecular weight is 443 g/mol. The van der Waals surface area contributed by atoms with Crippen molar-refractivity contribution in [3.63, 3.8) is 0 Å². The van der Waals surface area contributed by atoms with Gasteiger partial charge in [-0.15, -0.1) is 11.8 Å². The van der Waals surface area contributed by atoms with E-state index in [2.05, 4.69) is 5.32 Å². The SMILES string of the molecule is CC1CN(C(=O)c2ccccc2SCC(=O)NC23CC4CC(CC(C4)C2)C3)CC(C)O1. The van der Waals surface area contributed by atoms with Gasteiger partial charge in [-0.3, -0.25) is 9.59 Å². The van der Waals surface area contributed by atoms with Crippen LogP contribution in [0, 0.1) is 17.8 Å². The molecule has 4 saturated carbocycles. The van der Waals surface area contributed by atoms with E-state index in [1.165, 1.54) is 50.3 Å². The Morgan fingerprint density at radius 3 is 2.23 bits per heavy atom.